The first-order valence-electron chi connectivity index (χ1n) is 5.16. The molecule has 94 valence electrons. The summed E-state index contributed by atoms with van der Waals surface area (Å²) in [5.41, 5.74) is 0.700. The van der Waals surface area contributed by atoms with Gasteiger partial charge in [-0.25, -0.2) is 9.37 Å². The van der Waals surface area contributed by atoms with E-state index in [9.17, 15) is 8.78 Å². The van der Waals surface area contributed by atoms with Crippen LogP contribution in [0.1, 0.15) is 18.6 Å². The molecule has 0 N–H and O–H groups in total. The van der Waals surface area contributed by atoms with E-state index in [2.05, 4.69) is 9.97 Å². The van der Waals surface area contributed by atoms with Gasteiger partial charge in [0, 0.05) is 0 Å². The second kappa shape index (κ2) is 5.27. The van der Waals surface area contributed by atoms with Crippen molar-refractivity contribution in [1.29, 1.82) is 0 Å². The summed E-state index contributed by atoms with van der Waals surface area (Å²) in [7, 11) is 0. The second-order valence-electron chi connectivity index (χ2n) is 3.60. The van der Waals surface area contributed by atoms with Crippen LogP contribution in [-0.2, 0) is 0 Å². The first-order valence-corrected chi connectivity index (χ1v) is 5.54. The number of rotatable bonds is 3. The minimum atomic E-state index is -0.701. The van der Waals surface area contributed by atoms with E-state index in [4.69, 9.17) is 16.3 Å². The molecule has 0 fully saturated rings. The number of nitrogens with zero attached hydrogens (tertiary/aromatic N) is 2. The first-order chi connectivity index (χ1) is 8.56. The topological polar surface area (TPSA) is 35.0 Å². The molecule has 0 aliphatic heterocycles. The number of ether oxygens (including phenoxy) is 1. The van der Waals surface area contributed by atoms with Gasteiger partial charge in [0.2, 0.25) is 11.1 Å². The van der Waals surface area contributed by atoms with Gasteiger partial charge in [0.1, 0.15) is 11.9 Å². The fraction of sp³-hybridized carbons (Fsp3) is 0.167. The van der Waals surface area contributed by atoms with E-state index in [1.807, 2.05) is 0 Å². The number of halogens is 3. The average molecular weight is 271 g/mol. The van der Waals surface area contributed by atoms with E-state index in [0.29, 0.717) is 5.56 Å². The number of hydrogen-bond acceptors (Lipinski definition) is 3. The van der Waals surface area contributed by atoms with Gasteiger partial charge in [-0.15, -0.1) is 0 Å². The molecule has 0 aliphatic rings. The first kappa shape index (κ1) is 12.7. The van der Waals surface area contributed by atoms with Crippen molar-refractivity contribution in [2.45, 2.75) is 13.0 Å². The van der Waals surface area contributed by atoms with Gasteiger partial charge in [-0.1, -0.05) is 12.1 Å². The molecule has 1 aromatic heterocycles. The molecule has 0 bridgehead atoms. The molecule has 0 saturated heterocycles. The molecule has 1 heterocycles. The zero-order valence-corrected chi connectivity index (χ0v) is 10.2. The van der Waals surface area contributed by atoms with Gasteiger partial charge in [0.25, 0.3) is 5.88 Å². The molecule has 0 radical (unpaired) electrons. The number of benzene rings is 1. The lowest BCUT2D eigenvalue weighted by molar-refractivity contribution is 0.205. The van der Waals surface area contributed by atoms with Crippen molar-refractivity contribution >= 4 is 11.6 Å². The molecule has 0 amide bonds. The zero-order valence-electron chi connectivity index (χ0n) is 9.40. The SMILES string of the molecule is C[C@@H](Oc1nc(Cl)ncc1F)c1ccc(F)cc1. The van der Waals surface area contributed by atoms with Crippen LogP contribution in [0.4, 0.5) is 8.78 Å². The Kier molecular flexibility index (Phi) is 3.72. The van der Waals surface area contributed by atoms with Crippen LogP contribution in [0.2, 0.25) is 5.28 Å². The maximum absolute atomic E-state index is 13.3. The molecule has 1 aromatic carbocycles. The normalized spacial score (nSPS) is 12.2. The Balaban J connectivity index is 2.18. The maximum atomic E-state index is 13.3. The predicted molar refractivity (Wildman–Crippen MR) is 62.4 cm³/mol. The third-order valence-corrected chi connectivity index (χ3v) is 2.49. The summed E-state index contributed by atoms with van der Waals surface area (Å²) in [6, 6.07) is 5.72. The largest absolute Gasteiger partial charge is 0.468 e. The minimum absolute atomic E-state index is 0.0993. The van der Waals surface area contributed by atoms with E-state index >= 15 is 0 Å². The molecule has 2 aromatic rings. The summed E-state index contributed by atoms with van der Waals surface area (Å²) in [6.45, 7) is 1.70. The highest BCUT2D eigenvalue weighted by molar-refractivity contribution is 6.28. The van der Waals surface area contributed by atoms with E-state index in [0.717, 1.165) is 6.20 Å². The van der Waals surface area contributed by atoms with Crippen LogP contribution in [0.15, 0.2) is 30.5 Å². The van der Waals surface area contributed by atoms with Gasteiger partial charge < -0.3 is 4.74 Å². The fourth-order valence-electron chi connectivity index (χ4n) is 1.38. The molecular formula is C12H9ClF2N2O. The van der Waals surface area contributed by atoms with Gasteiger partial charge in [0.15, 0.2) is 0 Å². The van der Waals surface area contributed by atoms with Gasteiger partial charge in [-0.2, -0.15) is 9.37 Å². The Morgan fingerprint density at radius 2 is 1.89 bits per heavy atom. The molecular weight excluding hydrogens is 262 g/mol. The molecule has 0 spiro atoms. The summed E-state index contributed by atoms with van der Waals surface area (Å²) in [4.78, 5) is 7.12. The molecule has 1 atom stereocenters. The number of hydrogen-bond donors (Lipinski definition) is 0. The van der Waals surface area contributed by atoms with Gasteiger partial charge in [-0.05, 0) is 36.2 Å². The van der Waals surface area contributed by atoms with Crippen LogP contribution in [0, 0.1) is 11.6 Å². The number of aromatic nitrogens is 2. The summed E-state index contributed by atoms with van der Waals surface area (Å²) in [5.74, 6) is -1.28. The molecule has 6 heteroatoms. The minimum Gasteiger partial charge on any atom is -0.468 e. The van der Waals surface area contributed by atoms with E-state index in [1.165, 1.54) is 12.1 Å². The third-order valence-electron chi connectivity index (χ3n) is 2.31. The maximum Gasteiger partial charge on any atom is 0.255 e. The highest BCUT2D eigenvalue weighted by atomic mass is 35.5. The summed E-state index contributed by atoms with van der Waals surface area (Å²) < 4.78 is 31.4. The molecule has 0 aliphatic carbocycles. The van der Waals surface area contributed by atoms with Crippen molar-refractivity contribution < 1.29 is 13.5 Å². The predicted octanol–water partition coefficient (Wildman–Crippen LogP) is 3.55. The van der Waals surface area contributed by atoms with Crippen LogP contribution in [-0.4, -0.2) is 9.97 Å². The Morgan fingerprint density at radius 1 is 1.22 bits per heavy atom. The smallest absolute Gasteiger partial charge is 0.255 e. The Morgan fingerprint density at radius 3 is 2.56 bits per heavy atom. The van der Waals surface area contributed by atoms with Crippen molar-refractivity contribution in [2.75, 3.05) is 0 Å². The summed E-state index contributed by atoms with van der Waals surface area (Å²) in [6.07, 6.45) is 0.452. The van der Waals surface area contributed by atoms with Crippen molar-refractivity contribution in [1.82, 2.24) is 9.97 Å². The van der Waals surface area contributed by atoms with Crippen molar-refractivity contribution in [3.8, 4) is 5.88 Å². The van der Waals surface area contributed by atoms with E-state index in [-0.39, 0.29) is 17.0 Å². The van der Waals surface area contributed by atoms with E-state index in [1.54, 1.807) is 19.1 Å². The lowest BCUT2D eigenvalue weighted by Gasteiger charge is -2.14. The van der Waals surface area contributed by atoms with Gasteiger partial charge in [0.05, 0.1) is 6.20 Å². The molecule has 18 heavy (non-hydrogen) atoms. The standard InChI is InChI=1S/C12H9ClF2N2O/c1-7(8-2-4-9(14)5-3-8)18-11-10(15)6-16-12(13)17-11/h2-7H,1H3/t7-/m1/s1. The Hall–Kier alpha value is -1.75. The Labute approximate surface area is 107 Å². The fourth-order valence-corrected chi connectivity index (χ4v) is 1.51. The monoisotopic (exact) mass is 270 g/mol. The lowest BCUT2D eigenvalue weighted by atomic mass is 10.1. The molecule has 0 saturated carbocycles. The highest BCUT2D eigenvalue weighted by Gasteiger charge is 2.13. The van der Waals surface area contributed by atoms with Crippen molar-refractivity contribution in [3.63, 3.8) is 0 Å². The molecule has 3 nitrogen and oxygen atoms in total. The van der Waals surface area contributed by atoms with E-state index < -0.39 is 11.9 Å². The Bertz CT molecular complexity index is 548. The van der Waals surface area contributed by atoms with Gasteiger partial charge in [-0.3, -0.25) is 0 Å². The third kappa shape index (κ3) is 2.92. The van der Waals surface area contributed by atoms with Crippen molar-refractivity contribution in [2.24, 2.45) is 0 Å². The van der Waals surface area contributed by atoms with Crippen molar-refractivity contribution in [3.05, 3.63) is 52.9 Å². The average Bonchev–Trinajstić information content (AvgIpc) is 2.34. The molecule has 0 unspecified atom stereocenters. The molecule has 2 rings (SSSR count). The highest BCUT2D eigenvalue weighted by Crippen LogP contribution is 2.23. The second-order valence-corrected chi connectivity index (χ2v) is 3.94. The lowest BCUT2D eigenvalue weighted by Crippen LogP contribution is -2.06. The quantitative estimate of drug-likeness (QED) is 0.800. The van der Waals surface area contributed by atoms with Crippen LogP contribution in [0.25, 0.3) is 0 Å². The van der Waals surface area contributed by atoms with Crippen LogP contribution >= 0.6 is 11.6 Å². The van der Waals surface area contributed by atoms with Crippen LogP contribution in [0.3, 0.4) is 0 Å². The van der Waals surface area contributed by atoms with Crippen LogP contribution < -0.4 is 4.74 Å². The summed E-state index contributed by atoms with van der Waals surface area (Å²) in [5, 5.41) is -0.0993. The zero-order chi connectivity index (χ0) is 13.1. The van der Waals surface area contributed by atoms with Gasteiger partial charge >= 0.3 is 0 Å². The summed E-state index contributed by atoms with van der Waals surface area (Å²) >= 11 is 5.55. The van der Waals surface area contributed by atoms with Crippen LogP contribution in [0.5, 0.6) is 5.88 Å².